The minimum Gasteiger partial charge on any atom is -0.424 e. The average molecular weight is 429 g/mol. The molecule has 0 bridgehead atoms. The third kappa shape index (κ3) is 3.77. The lowest BCUT2D eigenvalue weighted by Gasteiger charge is -2.42. The Labute approximate surface area is 179 Å². The highest BCUT2D eigenvalue weighted by Gasteiger charge is 2.56. The van der Waals surface area contributed by atoms with Crippen molar-refractivity contribution in [3.8, 4) is 0 Å². The van der Waals surface area contributed by atoms with Gasteiger partial charge >= 0.3 is 0 Å². The van der Waals surface area contributed by atoms with Gasteiger partial charge in [0.1, 0.15) is 12.2 Å². The zero-order valence-corrected chi connectivity index (χ0v) is 19.1. The van der Waals surface area contributed by atoms with E-state index in [2.05, 4.69) is 13.8 Å². The summed E-state index contributed by atoms with van der Waals surface area (Å²) < 4.78 is 17.6. The first-order chi connectivity index (χ1) is 14.1. The average Bonchev–Trinajstić information content (AvgIpc) is 3.20. The fourth-order valence-electron chi connectivity index (χ4n) is 4.88. The molecule has 2 aromatic carbocycles. The van der Waals surface area contributed by atoms with Crippen molar-refractivity contribution in [2.24, 2.45) is 0 Å². The fraction of sp³-hybridized carbons (Fsp3) is 0.500. The molecule has 0 saturated carbocycles. The Hall–Kier alpha value is -1.54. The molecule has 2 saturated heterocycles. The van der Waals surface area contributed by atoms with E-state index >= 15 is 0 Å². The molecule has 0 radical (unpaired) electrons. The predicted octanol–water partition coefficient (Wildman–Crippen LogP) is 2.54. The molecule has 162 valence electrons. The van der Waals surface area contributed by atoms with E-state index in [1.54, 1.807) is 0 Å². The molecule has 0 amide bonds. The van der Waals surface area contributed by atoms with E-state index in [0.29, 0.717) is 6.42 Å². The van der Waals surface area contributed by atoms with E-state index in [9.17, 15) is 9.90 Å². The molecule has 0 aromatic heterocycles. The monoisotopic (exact) mass is 428 g/mol. The fourth-order valence-corrected chi connectivity index (χ4v) is 8.63. The summed E-state index contributed by atoms with van der Waals surface area (Å²) in [5.74, 6) is -0.725. The minimum atomic E-state index is -3.07. The number of fused-ring (bicyclic) bond motifs is 1. The molecule has 0 aliphatic carbocycles. The van der Waals surface area contributed by atoms with Crippen molar-refractivity contribution in [3.05, 3.63) is 60.7 Å². The molecular formula is C24H32O5Si. The van der Waals surface area contributed by atoms with E-state index in [1.807, 2.05) is 74.5 Å². The van der Waals surface area contributed by atoms with Crippen LogP contribution >= 0.6 is 0 Å². The van der Waals surface area contributed by atoms with Gasteiger partial charge in [-0.25, -0.2) is 0 Å². The summed E-state index contributed by atoms with van der Waals surface area (Å²) in [6, 6.07) is 20.0. The molecule has 2 aromatic rings. The van der Waals surface area contributed by atoms with Crippen LogP contribution in [0.4, 0.5) is 0 Å². The van der Waals surface area contributed by atoms with Gasteiger partial charge in [0.05, 0.1) is 6.10 Å². The highest BCUT2D eigenvalue weighted by atomic mass is 28.4. The largest absolute Gasteiger partial charge is 0.424 e. The highest BCUT2D eigenvalue weighted by Crippen LogP contribution is 2.44. The van der Waals surface area contributed by atoms with Crippen LogP contribution in [0.25, 0.3) is 0 Å². The molecule has 4 atom stereocenters. The van der Waals surface area contributed by atoms with Crippen LogP contribution in [-0.2, 0) is 14.2 Å². The van der Waals surface area contributed by atoms with Gasteiger partial charge in [-0.2, -0.15) is 0 Å². The SMILES string of the molecule is CC1(C)O[C@@H]2[C@@H](CCC(C)(C)[Si](O)(c3ccccc3)c3ccccc3)OC(O)[C@@H]2O1. The zero-order valence-electron chi connectivity index (χ0n) is 18.1. The molecule has 4 rings (SSSR count). The first kappa shape index (κ1) is 21.7. The number of rotatable bonds is 6. The summed E-state index contributed by atoms with van der Waals surface area (Å²) in [4.78, 5) is 12.3. The Balaban J connectivity index is 1.59. The maximum Gasteiger partial charge on any atom is 0.258 e. The molecule has 30 heavy (non-hydrogen) atoms. The van der Waals surface area contributed by atoms with Crippen LogP contribution in [0.5, 0.6) is 0 Å². The third-order valence-electron chi connectivity index (χ3n) is 6.54. The Kier molecular flexibility index (Phi) is 5.68. The Bertz CT molecular complexity index is 815. The van der Waals surface area contributed by atoms with Gasteiger partial charge in [0.25, 0.3) is 8.32 Å². The van der Waals surface area contributed by atoms with Crippen molar-refractivity contribution in [3.63, 3.8) is 0 Å². The number of ether oxygens (including phenoxy) is 3. The maximum atomic E-state index is 12.3. The van der Waals surface area contributed by atoms with Gasteiger partial charge in [0, 0.05) is 0 Å². The van der Waals surface area contributed by atoms with E-state index in [0.717, 1.165) is 16.8 Å². The summed E-state index contributed by atoms with van der Waals surface area (Å²) in [5, 5.41) is 11.9. The van der Waals surface area contributed by atoms with E-state index < -0.39 is 26.5 Å². The first-order valence-electron chi connectivity index (χ1n) is 10.7. The summed E-state index contributed by atoms with van der Waals surface area (Å²) >= 11 is 0. The number of hydrogen-bond acceptors (Lipinski definition) is 5. The van der Waals surface area contributed by atoms with Gasteiger partial charge in [-0.3, -0.25) is 0 Å². The van der Waals surface area contributed by atoms with Gasteiger partial charge < -0.3 is 24.1 Å². The second-order valence-corrected chi connectivity index (χ2v) is 13.4. The molecule has 2 heterocycles. The van der Waals surface area contributed by atoms with E-state index in [-0.39, 0.29) is 17.2 Å². The number of aliphatic hydroxyl groups excluding tert-OH is 1. The molecule has 2 N–H and O–H groups in total. The van der Waals surface area contributed by atoms with Crippen molar-refractivity contribution in [2.75, 3.05) is 0 Å². The molecule has 6 heteroatoms. The van der Waals surface area contributed by atoms with Gasteiger partial charge in [-0.1, -0.05) is 74.5 Å². The zero-order chi connectivity index (χ0) is 21.6. The van der Waals surface area contributed by atoms with Crippen LogP contribution < -0.4 is 10.4 Å². The summed E-state index contributed by atoms with van der Waals surface area (Å²) in [6.45, 7) is 7.99. The Morgan fingerprint density at radius 1 is 0.900 bits per heavy atom. The molecule has 0 spiro atoms. The standard InChI is InChI=1S/C24H32O5Si/c1-23(2,16-15-19-20-21(22(25)27-19)29-24(3,4)28-20)30(26,17-11-7-5-8-12-17)18-13-9-6-10-14-18/h5-14,19-22,25-26H,15-16H2,1-4H3/t19-,20-,21-,22?/m1/s1. The van der Waals surface area contributed by atoms with Crippen LogP contribution in [0.1, 0.15) is 40.5 Å². The minimum absolute atomic E-state index is 0.268. The lowest BCUT2D eigenvalue weighted by molar-refractivity contribution is -0.220. The van der Waals surface area contributed by atoms with Gasteiger partial charge in [0.15, 0.2) is 12.1 Å². The smallest absolute Gasteiger partial charge is 0.258 e. The predicted molar refractivity (Wildman–Crippen MR) is 118 cm³/mol. The molecule has 2 aliphatic rings. The van der Waals surface area contributed by atoms with Crippen LogP contribution in [0, 0.1) is 0 Å². The van der Waals surface area contributed by atoms with E-state index in [1.165, 1.54) is 0 Å². The van der Waals surface area contributed by atoms with Gasteiger partial charge in [0.2, 0.25) is 0 Å². The molecular weight excluding hydrogens is 396 g/mol. The quantitative estimate of drug-likeness (QED) is 0.692. The highest BCUT2D eigenvalue weighted by molar-refractivity contribution is 6.98. The summed E-state index contributed by atoms with van der Waals surface area (Å²) in [6.07, 6.45) is -0.620. The Morgan fingerprint density at radius 3 is 1.93 bits per heavy atom. The normalized spacial score (nSPS) is 28.5. The van der Waals surface area contributed by atoms with Crippen LogP contribution in [0.2, 0.25) is 5.04 Å². The van der Waals surface area contributed by atoms with Crippen LogP contribution in [-0.4, -0.2) is 48.6 Å². The number of hydrogen-bond donors (Lipinski definition) is 2. The van der Waals surface area contributed by atoms with Gasteiger partial charge in [-0.05, 0) is 42.1 Å². The molecule has 1 unspecified atom stereocenters. The second-order valence-electron chi connectivity index (χ2n) is 9.49. The van der Waals surface area contributed by atoms with Crippen molar-refractivity contribution in [2.45, 2.75) is 76.0 Å². The number of aliphatic hydroxyl groups is 1. The molecule has 2 fully saturated rings. The molecule has 2 aliphatic heterocycles. The van der Waals surface area contributed by atoms with Crippen molar-refractivity contribution in [1.29, 1.82) is 0 Å². The van der Waals surface area contributed by atoms with E-state index in [4.69, 9.17) is 14.2 Å². The lowest BCUT2D eigenvalue weighted by atomic mass is 10.00. The Morgan fingerprint density at radius 2 is 1.40 bits per heavy atom. The summed E-state index contributed by atoms with van der Waals surface area (Å²) in [7, 11) is -3.07. The van der Waals surface area contributed by atoms with Crippen LogP contribution in [0.15, 0.2) is 60.7 Å². The second kappa shape index (κ2) is 7.86. The topological polar surface area (TPSA) is 68.2 Å². The molecule has 5 nitrogen and oxygen atoms in total. The number of benzene rings is 2. The van der Waals surface area contributed by atoms with Crippen molar-refractivity contribution >= 4 is 18.7 Å². The van der Waals surface area contributed by atoms with Crippen molar-refractivity contribution in [1.82, 2.24) is 0 Å². The summed E-state index contributed by atoms with van der Waals surface area (Å²) in [5.41, 5.74) is 0. The first-order valence-corrected chi connectivity index (χ1v) is 12.6. The van der Waals surface area contributed by atoms with Gasteiger partial charge in [-0.15, -0.1) is 0 Å². The third-order valence-corrected chi connectivity index (χ3v) is 11.1. The maximum absolute atomic E-state index is 12.3. The van der Waals surface area contributed by atoms with Crippen molar-refractivity contribution < 1.29 is 24.1 Å². The van der Waals surface area contributed by atoms with Crippen LogP contribution in [0.3, 0.4) is 0 Å². The lowest BCUT2D eigenvalue weighted by Crippen LogP contribution is -2.65.